The monoisotopic (exact) mass is 928 g/mol. The summed E-state index contributed by atoms with van der Waals surface area (Å²) in [7, 11) is 11.8. The van der Waals surface area contributed by atoms with E-state index in [2.05, 4.69) is 57.5 Å². The predicted molar refractivity (Wildman–Crippen MR) is 245 cm³/mol. The molecule has 0 saturated carbocycles. The van der Waals surface area contributed by atoms with E-state index in [0.29, 0.717) is 17.9 Å². The number of carbonyl (C=O) groups is 8. The van der Waals surface area contributed by atoms with Crippen molar-refractivity contribution < 1.29 is 38.4 Å². The molecular formula is C41H56N18O8. The van der Waals surface area contributed by atoms with Gasteiger partial charge in [0.05, 0.1) is 11.4 Å². The van der Waals surface area contributed by atoms with Crippen molar-refractivity contribution in [2.45, 2.75) is 25.7 Å². The summed E-state index contributed by atoms with van der Waals surface area (Å²) >= 11 is 0. The van der Waals surface area contributed by atoms with Gasteiger partial charge < -0.3 is 76.0 Å². The lowest BCUT2D eigenvalue weighted by molar-refractivity contribution is -0.121. The van der Waals surface area contributed by atoms with Crippen LogP contribution in [0.1, 0.15) is 78.5 Å². The molecule has 0 bridgehead atoms. The van der Waals surface area contributed by atoms with Crippen molar-refractivity contribution in [2.75, 3.05) is 73.4 Å². The molecular weight excluding hydrogens is 873 g/mol. The van der Waals surface area contributed by atoms with E-state index in [1.807, 2.05) is 19.0 Å². The number of hydrogen-bond donors (Lipinski definition) is 9. The molecule has 0 saturated heterocycles. The van der Waals surface area contributed by atoms with Crippen LogP contribution in [0.4, 0.5) is 28.8 Å². The van der Waals surface area contributed by atoms with Gasteiger partial charge in [0, 0.05) is 112 Å². The van der Waals surface area contributed by atoms with E-state index in [1.165, 1.54) is 49.0 Å². The highest BCUT2D eigenvalue weighted by Crippen LogP contribution is 2.19. The van der Waals surface area contributed by atoms with Crippen molar-refractivity contribution in [3.05, 3.63) is 72.0 Å². The molecule has 67 heavy (non-hydrogen) atoms. The third-order valence-corrected chi connectivity index (χ3v) is 9.76. The maximum absolute atomic E-state index is 13.2. The summed E-state index contributed by atoms with van der Waals surface area (Å²) in [4.78, 5) is 116. The Morgan fingerprint density at radius 1 is 0.493 bits per heavy atom. The first-order chi connectivity index (χ1) is 31.8. The summed E-state index contributed by atoms with van der Waals surface area (Å²) in [6.07, 6.45) is 8.30. The molecule has 10 N–H and O–H groups in total. The Kier molecular flexibility index (Phi) is 16.9. The van der Waals surface area contributed by atoms with Gasteiger partial charge in [0.15, 0.2) is 17.5 Å². The number of carbonyl (C=O) groups excluding carboxylic acids is 8. The summed E-state index contributed by atoms with van der Waals surface area (Å²) in [6, 6.07) is 2.99. The summed E-state index contributed by atoms with van der Waals surface area (Å²) in [5, 5.41) is 21.3. The average molecular weight is 929 g/mol. The first-order valence-corrected chi connectivity index (χ1v) is 21.0. The van der Waals surface area contributed by atoms with Gasteiger partial charge in [0.1, 0.15) is 11.4 Å². The minimum atomic E-state index is -0.691. The molecule has 358 valence electrons. The molecule has 26 nitrogen and oxygen atoms in total. The van der Waals surface area contributed by atoms with Crippen molar-refractivity contribution in [3.8, 4) is 0 Å². The number of nitrogens with one attached hydrogen (secondary N) is 8. The van der Waals surface area contributed by atoms with Crippen LogP contribution in [0.2, 0.25) is 0 Å². The van der Waals surface area contributed by atoms with Crippen molar-refractivity contribution in [1.82, 2.24) is 58.6 Å². The molecule has 26 heteroatoms. The number of anilines is 5. The van der Waals surface area contributed by atoms with Crippen molar-refractivity contribution in [3.63, 3.8) is 0 Å². The second kappa shape index (κ2) is 22.7. The zero-order valence-corrected chi connectivity index (χ0v) is 38.3. The third-order valence-electron chi connectivity index (χ3n) is 9.76. The molecule has 5 heterocycles. The Hall–Kier alpha value is -8.13. The number of aryl methyl sites for hydroxylation is 5. The normalized spacial score (nSPS) is 10.9. The lowest BCUT2D eigenvalue weighted by Crippen LogP contribution is -2.32. The minimum Gasteiger partial charge on any atom is -0.356 e. The fraction of sp³-hybridized carbons (Fsp3) is 0.390. The second-order valence-corrected chi connectivity index (χ2v) is 15.6. The highest BCUT2D eigenvalue weighted by Gasteiger charge is 2.22. The Balaban J connectivity index is 1.05. The average Bonchev–Trinajstić information content (AvgIpc) is 4.07. The number of aromatic nitrogens is 8. The van der Waals surface area contributed by atoms with Crippen LogP contribution >= 0.6 is 0 Å². The van der Waals surface area contributed by atoms with E-state index in [4.69, 9.17) is 5.73 Å². The van der Waals surface area contributed by atoms with E-state index in [1.54, 1.807) is 52.2 Å². The van der Waals surface area contributed by atoms with E-state index < -0.39 is 35.4 Å². The molecule has 0 unspecified atom stereocenters. The molecule has 0 atom stereocenters. The first-order valence-electron chi connectivity index (χ1n) is 21.0. The van der Waals surface area contributed by atoms with Crippen molar-refractivity contribution >= 4 is 76.1 Å². The largest absolute Gasteiger partial charge is 0.356 e. The lowest BCUT2D eigenvalue weighted by Gasteiger charge is -2.10. The molecule has 5 rings (SSSR count). The number of amides is 8. The second-order valence-electron chi connectivity index (χ2n) is 15.6. The number of hydrogen-bond acceptors (Lipinski definition) is 13. The smallest absolute Gasteiger partial charge is 0.292 e. The summed E-state index contributed by atoms with van der Waals surface area (Å²) in [6.45, 7) is 1.62. The Morgan fingerprint density at radius 2 is 0.940 bits per heavy atom. The zero-order chi connectivity index (χ0) is 48.9. The van der Waals surface area contributed by atoms with Crippen LogP contribution in [0.25, 0.3) is 0 Å². The maximum Gasteiger partial charge on any atom is 0.292 e. The molecule has 0 aliphatic rings. The number of rotatable bonds is 22. The lowest BCUT2D eigenvalue weighted by atomic mass is 10.3. The van der Waals surface area contributed by atoms with Gasteiger partial charge in [-0.25, -0.2) is 15.0 Å². The van der Waals surface area contributed by atoms with Gasteiger partial charge in [-0.15, -0.1) is 0 Å². The van der Waals surface area contributed by atoms with Gasteiger partial charge in [-0.2, -0.15) is 0 Å². The van der Waals surface area contributed by atoms with Crippen LogP contribution in [0.3, 0.4) is 0 Å². The molecule has 0 fully saturated rings. The van der Waals surface area contributed by atoms with E-state index >= 15 is 0 Å². The first kappa shape index (κ1) is 49.9. The number of nitrogens with two attached hydrogens (primary N) is 1. The molecule has 0 aliphatic carbocycles. The predicted octanol–water partition coefficient (Wildman–Crippen LogP) is -0.445. The molecule has 0 aromatic carbocycles. The van der Waals surface area contributed by atoms with Crippen LogP contribution in [0.5, 0.6) is 0 Å². The highest BCUT2D eigenvalue weighted by molar-refractivity contribution is 6.06. The van der Waals surface area contributed by atoms with Crippen LogP contribution in [0.15, 0.2) is 43.1 Å². The van der Waals surface area contributed by atoms with Gasteiger partial charge in [-0.3, -0.25) is 38.4 Å². The Labute approximate surface area is 384 Å². The topological polar surface area (TPSA) is 325 Å². The standard InChI is InChI=1S/C41H56N18O8/c1-54(2)16-8-13-43-31(60)10-14-44-37(63)26-18-25(20-55(26)3)47-38(64)27-17-24(19-56(27)4)46-33(62)11-15-45-39(65)34-50-29(22-57(34)5)52-41(67)36-51-30(23-59(36)7)53-40(66)35-49-28(21-58(35)6)48-32(61)9-12-42/h17-23H,8-16,42H2,1-7H3,(H,43,60)(H,44,63)(H,45,65)(H,46,62)(H,47,64)(H,48,61)(H,52,67)(H,53,66). The van der Waals surface area contributed by atoms with Crippen molar-refractivity contribution in [2.24, 2.45) is 41.0 Å². The van der Waals surface area contributed by atoms with Gasteiger partial charge in [0.25, 0.3) is 29.5 Å². The quantitative estimate of drug-likeness (QED) is 0.0398. The Morgan fingerprint density at radius 3 is 1.46 bits per heavy atom. The summed E-state index contributed by atoms with van der Waals surface area (Å²) in [5.41, 5.74) is 6.58. The maximum atomic E-state index is 13.2. The Bertz CT molecular complexity index is 2650. The molecule has 5 aromatic heterocycles. The molecule has 8 amide bonds. The van der Waals surface area contributed by atoms with Crippen LogP contribution in [-0.2, 0) is 49.6 Å². The number of imidazole rings is 3. The van der Waals surface area contributed by atoms with Gasteiger partial charge in [0.2, 0.25) is 35.2 Å². The minimum absolute atomic E-state index is 0.0281. The summed E-state index contributed by atoms with van der Waals surface area (Å²) in [5.74, 6) is -3.78. The van der Waals surface area contributed by atoms with Gasteiger partial charge in [-0.1, -0.05) is 0 Å². The van der Waals surface area contributed by atoms with Crippen LogP contribution in [0, 0.1) is 0 Å². The van der Waals surface area contributed by atoms with Gasteiger partial charge >= 0.3 is 0 Å². The molecule has 0 spiro atoms. The fourth-order valence-corrected chi connectivity index (χ4v) is 6.49. The number of nitrogens with zero attached hydrogens (tertiary/aromatic N) is 9. The van der Waals surface area contributed by atoms with Crippen LogP contribution < -0.4 is 48.3 Å². The van der Waals surface area contributed by atoms with Crippen LogP contribution in [-0.4, -0.2) is 137 Å². The van der Waals surface area contributed by atoms with Crippen molar-refractivity contribution in [1.29, 1.82) is 0 Å². The third kappa shape index (κ3) is 13.9. The SMILES string of the molecule is CN(C)CCCNC(=O)CCNC(=O)c1cc(NC(=O)c2cc(NC(=O)CCNC(=O)c3nc(NC(=O)c4nc(NC(=O)c5nc(NC(=O)CCN)cn5C)cn4C)cn3C)cn2C)cn1C. The van der Waals surface area contributed by atoms with E-state index in [0.717, 1.165) is 13.0 Å². The molecule has 0 aliphatic heterocycles. The van der Waals surface area contributed by atoms with E-state index in [-0.39, 0.29) is 97.0 Å². The molecule has 5 aromatic rings. The highest BCUT2D eigenvalue weighted by atomic mass is 16.2. The molecule has 0 radical (unpaired) electrons. The zero-order valence-electron chi connectivity index (χ0n) is 38.3. The summed E-state index contributed by atoms with van der Waals surface area (Å²) < 4.78 is 7.24. The van der Waals surface area contributed by atoms with Gasteiger partial charge in [-0.05, 0) is 39.2 Å². The van der Waals surface area contributed by atoms with E-state index in [9.17, 15) is 38.4 Å². The fourth-order valence-electron chi connectivity index (χ4n) is 6.49.